The predicted octanol–water partition coefficient (Wildman–Crippen LogP) is 6.49. The highest BCUT2D eigenvalue weighted by Crippen LogP contribution is 2.36. The maximum atomic E-state index is 13.8. The van der Waals surface area contributed by atoms with Gasteiger partial charge in [0, 0.05) is 24.0 Å². The van der Waals surface area contributed by atoms with Crippen molar-refractivity contribution in [1.82, 2.24) is 9.88 Å². The highest BCUT2D eigenvalue weighted by Gasteiger charge is 2.29. The molecular formula is C30H31N3O4S. The first-order valence-corrected chi connectivity index (χ1v) is 13.5. The number of aryl methyl sites for hydroxylation is 1. The van der Waals surface area contributed by atoms with Crippen LogP contribution in [0.2, 0.25) is 0 Å². The van der Waals surface area contributed by atoms with Gasteiger partial charge in [-0.1, -0.05) is 42.5 Å². The zero-order valence-electron chi connectivity index (χ0n) is 22.3. The molecule has 0 saturated heterocycles. The van der Waals surface area contributed by atoms with E-state index in [9.17, 15) is 14.4 Å². The number of amides is 2. The van der Waals surface area contributed by atoms with E-state index in [1.165, 1.54) is 0 Å². The molecule has 0 saturated carbocycles. The summed E-state index contributed by atoms with van der Waals surface area (Å²) in [5.41, 5.74) is 4.46. The molecule has 8 heteroatoms. The first kappa shape index (κ1) is 27.0. The second kappa shape index (κ2) is 11.6. The largest absolute Gasteiger partial charge is 0.462 e. The minimum Gasteiger partial charge on any atom is -0.462 e. The van der Waals surface area contributed by atoms with Crippen molar-refractivity contribution in [2.45, 2.75) is 34.6 Å². The van der Waals surface area contributed by atoms with Gasteiger partial charge in [0.15, 0.2) is 0 Å². The van der Waals surface area contributed by atoms with Gasteiger partial charge in [-0.3, -0.25) is 9.59 Å². The molecule has 0 fully saturated rings. The number of fused-ring (bicyclic) bond motifs is 1. The van der Waals surface area contributed by atoms with Crippen LogP contribution in [-0.2, 0) is 4.74 Å². The van der Waals surface area contributed by atoms with Gasteiger partial charge in [-0.25, -0.2) is 9.78 Å². The molecule has 0 atom stereocenters. The Bertz CT molecular complexity index is 1520. The minimum absolute atomic E-state index is 0.176. The van der Waals surface area contributed by atoms with Crippen molar-refractivity contribution < 1.29 is 19.1 Å². The normalized spacial score (nSPS) is 10.9. The van der Waals surface area contributed by atoms with Crippen LogP contribution in [0.25, 0.3) is 22.2 Å². The standard InChI is InChI=1S/C30H31N3O4S/c1-6-33(7-2)29(35)26-19(5)25(30(36)37-8-3)28(38-26)32-27(34)22-17-24(20-14-10-9-13-18(20)4)31-23-16-12-11-15-21(22)23/h9-17H,6-8H2,1-5H3,(H,32,34). The Balaban J connectivity index is 1.82. The Morgan fingerprint density at radius 1 is 0.974 bits per heavy atom. The molecule has 0 unspecified atom stereocenters. The highest BCUT2D eigenvalue weighted by molar-refractivity contribution is 7.18. The van der Waals surface area contributed by atoms with E-state index in [1.54, 1.807) is 24.8 Å². The van der Waals surface area contributed by atoms with E-state index in [2.05, 4.69) is 5.32 Å². The quantitative estimate of drug-likeness (QED) is 0.264. The van der Waals surface area contributed by atoms with Crippen LogP contribution in [0.5, 0.6) is 0 Å². The molecule has 2 heterocycles. The number of rotatable bonds is 8. The Morgan fingerprint density at radius 3 is 2.34 bits per heavy atom. The molecule has 0 aliphatic heterocycles. The SMILES string of the molecule is CCOC(=O)c1c(NC(=O)c2cc(-c3ccccc3C)nc3ccccc23)sc(C(=O)N(CC)CC)c1C. The molecule has 7 nitrogen and oxygen atoms in total. The summed E-state index contributed by atoms with van der Waals surface area (Å²) < 4.78 is 5.28. The molecular weight excluding hydrogens is 498 g/mol. The number of thiophene rings is 1. The van der Waals surface area contributed by atoms with E-state index < -0.39 is 11.9 Å². The van der Waals surface area contributed by atoms with Crippen molar-refractivity contribution in [3.63, 3.8) is 0 Å². The number of nitrogens with zero attached hydrogens (tertiary/aromatic N) is 2. The van der Waals surface area contributed by atoms with Gasteiger partial charge >= 0.3 is 5.97 Å². The lowest BCUT2D eigenvalue weighted by atomic mass is 10.0. The number of carbonyl (C=O) groups is 3. The summed E-state index contributed by atoms with van der Waals surface area (Å²) in [7, 11) is 0. The fourth-order valence-corrected chi connectivity index (χ4v) is 5.60. The summed E-state index contributed by atoms with van der Waals surface area (Å²) in [4.78, 5) is 46.8. The van der Waals surface area contributed by atoms with Crippen molar-refractivity contribution >= 4 is 45.0 Å². The lowest BCUT2D eigenvalue weighted by Crippen LogP contribution is -2.30. The van der Waals surface area contributed by atoms with Crippen molar-refractivity contribution in [1.29, 1.82) is 0 Å². The number of anilines is 1. The number of aromatic nitrogens is 1. The number of carbonyl (C=O) groups excluding carboxylic acids is 3. The molecule has 1 N–H and O–H groups in total. The number of pyridine rings is 1. The highest BCUT2D eigenvalue weighted by atomic mass is 32.1. The smallest absolute Gasteiger partial charge is 0.341 e. The lowest BCUT2D eigenvalue weighted by molar-refractivity contribution is 0.0527. The maximum absolute atomic E-state index is 13.8. The molecule has 0 bridgehead atoms. The fraction of sp³-hybridized carbons (Fsp3) is 0.267. The van der Waals surface area contributed by atoms with Crippen LogP contribution in [0.15, 0.2) is 54.6 Å². The first-order valence-electron chi connectivity index (χ1n) is 12.7. The van der Waals surface area contributed by atoms with Gasteiger partial charge in [0.1, 0.15) is 5.00 Å². The number of benzene rings is 2. The molecule has 0 aliphatic carbocycles. The number of hydrogen-bond acceptors (Lipinski definition) is 6. The summed E-state index contributed by atoms with van der Waals surface area (Å²) in [5, 5.41) is 3.90. The van der Waals surface area contributed by atoms with Gasteiger partial charge < -0.3 is 15.0 Å². The van der Waals surface area contributed by atoms with Crippen LogP contribution >= 0.6 is 11.3 Å². The van der Waals surface area contributed by atoms with Crippen LogP contribution < -0.4 is 5.32 Å². The molecule has 4 aromatic rings. The van der Waals surface area contributed by atoms with Crippen LogP contribution in [0.3, 0.4) is 0 Å². The monoisotopic (exact) mass is 529 g/mol. The first-order chi connectivity index (χ1) is 18.3. The average molecular weight is 530 g/mol. The van der Waals surface area contributed by atoms with Gasteiger partial charge in [-0.15, -0.1) is 11.3 Å². The van der Waals surface area contributed by atoms with Gasteiger partial charge in [0.2, 0.25) is 0 Å². The third kappa shape index (κ3) is 5.17. The molecule has 2 aromatic carbocycles. The Hall–Kier alpha value is -4.04. The molecule has 38 heavy (non-hydrogen) atoms. The van der Waals surface area contributed by atoms with E-state index in [-0.39, 0.29) is 18.1 Å². The zero-order valence-corrected chi connectivity index (χ0v) is 23.1. The maximum Gasteiger partial charge on any atom is 0.341 e. The molecule has 196 valence electrons. The minimum atomic E-state index is -0.574. The van der Waals surface area contributed by atoms with Gasteiger partial charge in [0.25, 0.3) is 11.8 Å². The molecule has 0 aliphatic rings. The van der Waals surface area contributed by atoms with E-state index in [0.29, 0.717) is 50.7 Å². The molecule has 4 rings (SSSR count). The van der Waals surface area contributed by atoms with E-state index in [0.717, 1.165) is 22.5 Å². The second-order valence-electron chi connectivity index (χ2n) is 8.80. The topological polar surface area (TPSA) is 88.6 Å². The van der Waals surface area contributed by atoms with Gasteiger partial charge in [0.05, 0.1) is 33.8 Å². The van der Waals surface area contributed by atoms with Crippen molar-refractivity contribution in [2.75, 3.05) is 25.0 Å². The number of para-hydroxylation sites is 1. The zero-order chi connectivity index (χ0) is 27.4. The molecule has 0 spiro atoms. The lowest BCUT2D eigenvalue weighted by Gasteiger charge is -2.18. The molecule has 2 amide bonds. The summed E-state index contributed by atoms with van der Waals surface area (Å²) in [6.45, 7) is 10.5. The summed E-state index contributed by atoms with van der Waals surface area (Å²) in [6, 6.07) is 17.1. The van der Waals surface area contributed by atoms with E-state index >= 15 is 0 Å². The van der Waals surface area contributed by atoms with Crippen molar-refractivity contribution in [3.05, 3.63) is 81.7 Å². The van der Waals surface area contributed by atoms with Crippen LogP contribution in [0, 0.1) is 13.8 Å². The summed E-state index contributed by atoms with van der Waals surface area (Å²) in [5.74, 6) is -1.15. The predicted molar refractivity (Wildman–Crippen MR) is 152 cm³/mol. The van der Waals surface area contributed by atoms with Crippen molar-refractivity contribution in [2.24, 2.45) is 0 Å². The van der Waals surface area contributed by atoms with Crippen LogP contribution in [0.1, 0.15) is 62.3 Å². The Kier molecular flexibility index (Phi) is 8.22. The third-order valence-corrected chi connectivity index (χ3v) is 7.68. The fourth-order valence-electron chi connectivity index (χ4n) is 4.44. The number of ether oxygens (including phenoxy) is 1. The van der Waals surface area contributed by atoms with E-state index in [1.807, 2.05) is 69.3 Å². The van der Waals surface area contributed by atoms with E-state index in [4.69, 9.17) is 9.72 Å². The van der Waals surface area contributed by atoms with Gasteiger partial charge in [-0.2, -0.15) is 0 Å². The summed E-state index contributed by atoms with van der Waals surface area (Å²) >= 11 is 1.10. The van der Waals surface area contributed by atoms with Gasteiger partial charge in [-0.05, 0) is 57.9 Å². The number of esters is 1. The van der Waals surface area contributed by atoms with Crippen LogP contribution in [-0.4, -0.2) is 47.4 Å². The summed E-state index contributed by atoms with van der Waals surface area (Å²) in [6.07, 6.45) is 0. The average Bonchev–Trinajstić information content (AvgIpc) is 3.24. The molecule has 2 aromatic heterocycles. The Morgan fingerprint density at radius 2 is 1.66 bits per heavy atom. The third-order valence-electron chi connectivity index (χ3n) is 6.48. The molecule has 0 radical (unpaired) electrons. The number of nitrogens with one attached hydrogen (secondary N) is 1. The number of hydrogen-bond donors (Lipinski definition) is 1. The van der Waals surface area contributed by atoms with Crippen molar-refractivity contribution in [3.8, 4) is 11.3 Å². The second-order valence-corrected chi connectivity index (χ2v) is 9.82. The Labute approximate surface area is 226 Å². The van der Waals surface area contributed by atoms with Crippen LogP contribution in [0.4, 0.5) is 5.00 Å².